The molecule has 4 nitrogen and oxygen atoms in total. The predicted octanol–water partition coefficient (Wildman–Crippen LogP) is 2.23. The van der Waals surface area contributed by atoms with Gasteiger partial charge in [0, 0.05) is 6.20 Å². The molecule has 0 saturated heterocycles. The SMILES string of the molecule is CC(C)Cc1nc2ccccn2c1C(=O)O. The van der Waals surface area contributed by atoms with E-state index >= 15 is 0 Å². The summed E-state index contributed by atoms with van der Waals surface area (Å²) in [6.07, 6.45) is 2.42. The second kappa shape index (κ2) is 3.96. The van der Waals surface area contributed by atoms with Gasteiger partial charge in [0.05, 0.1) is 5.69 Å². The fourth-order valence-corrected chi connectivity index (χ4v) is 1.80. The Morgan fingerprint density at radius 2 is 2.25 bits per heavy atom. The minimum atomic E-state index is -0.922. The van der Waals surface area contributed by atoms with Crippen molar-refractivity contribution in [2.24, 2.45) is 5.92 Å². The van der Waals surface area contributed by atoms with Crippen LogP contribution in [0.4, 0.5) is 0 Å². The molecule has 0 aromatic carbocycles. The van der Waals surface area contributed by atoms with Crippen molar-refractivity contribution in [3.8, 4) is 0 Å². The molecule has 2 aromatic heterocycles. The van der Waals surface area contributed by atoms with Gasteiger partial charge in [0.1, 0.15) is 5.65 Å². The van der Waals surface area contributed by atoms with E-state index in [4.69, 9.17) is 0 Å². The quantitative estimate of drug-likeness (QED) is 0.859. The number of pyridine rings is 1. The van der Waals surface area contributed by atoms with Crippen LogP contribution in [-0.4, -0.2) is 20.5 Å². The maximum Gasteiger partial charge on any atom is 0.354 e. The first-order chi connectivity index (χ1) is 7.59. The molecule has 16 heavy (non-hydrogen) atoms. The van der Waals surface area contributed by atoms with Crippen molar-refractivity contribution < 1.29 is 9.90 Å². The Morgan fingerprint density at radius 3 is 2.88 bits per heavy atom. The molecule has 0 amide bonds. The molecule has 0 radical (unpaired) electrons. The molecule has 0 fully saturated rings. The molecule has 0 aliphatic rings. The summed E-state index contributed by atoms with van der Waals surface area (Å²) < 4.78 is 1.63. The van der Waals surface area contributed by atoms with E-state index in [0.29, 0.717) is 23.7 Å². The van der Waals surface area contributed by atoms with Gasteiger partial charge in [-0.1, -0.05) is 19.9 Å². The third-order valence-electron chi connectivity index (χ3n) is 2.41. The van der Waals surface area contributed by atoms with E-state index in [1.165, 1.54) is 0 Å². The second-order valence-corrected chi connectivity index (χ2v) is 4.24. The smallest absolute Gasteiger partial charge is 0.354 e. The van der Waals surface area contributed by atoms with Gasteiger partial charge in [0.25, 0.3) is 0 Å². The molecule has 84 valence electrons. The number of carboxylic acids is 1. The van der Waals surface area contributed by atoms with Crippen LogP contribution < -0.4 is 0 Å². The van der Waals surface area contributed by atoms with Gasteiger partial charge in [-0.25, -0.2) is 9.78 Å². The highest BCUT2D eigenvalue weighted by Crippen LogP contribution is 2.16. The summed E-state index contributed by atoms with van der Waals surface area (Å²) in [7, 11) is 0. The van der Waals surface area contributed by atoms with Crippen molar-refractivity contribution in [1.82, 2.24) is 9.38 Å². The number of imidazole rings is 1. The molecule has 0 bridgehead atoms. The Bertz CT molecular complexity index is 529. The molecule has 0 unspecified atom stereocenters. The highest BCUT2D eigenvalue weighted by Gasteiger charge is 2.18. The van der Waals surface area contributed by atoms with Gasteiger partial charge in [0.15, 0.2) is 5.69 Å². The summed E-state index contributed by atoms with van der Waals surface area (Å²) in [6.45, 7) is 4.10. The summed E-state index contributed by atoms with van der Waals surface area (Å²) in [5.41, 5.74) is 1.63. The van der Waals surface area contributed by atoms with Crippen LogP contribution in [0, 0.1) is 5.92 Å². The van der Waals surface area contributed by atoms with Crippen LogP contribution in [-0.2, 0) is 6.42 Å². The van der Waals surface area contributed by atoms with Gasteiger partial charge in [-0.05, 0) is 24.5 Å². The van der Waals surface area contributed by atoms with Crippen molar-refractivity contribution in [2.45, 2.75) is 20.3 Å². The van der Waals surface area contributed by atoms with Gasteiger partial charge in [-0.15, -0.1) is 0 Å². The molecule has 1 N–H and O–H groups in total. The number of nitrogens with zero attached hydrogens (tertiary/aromatic N) is 2. The summed E-state index contributed by atoms with van der Waals surface area (Å²) in [4.78, 5) is 15.6. The zero-order valence-corrected chi connectivity index (χ0v) is 9.34. The minimum absolute atomic E-state index is 0.282. The van der Waals surface area contributed by atoms with Crippen molar-refractivity contribution in [2.75, 3.05) is 0 Å². The standard InChI is InChI=1S/C12H14N2O2/c1-8(2)7-9-11(12(15)16)14-6-4-3-5-10(14)13-9/h3-6,8H,7H2,1-2H3,(H,15,16). The van der Waals surface area contributed by atoms with Crippen molar-refractivity contribution >= 4 is 11.6 Å². The fourth-order valence-electron chi connectivity index (χ4n) is 1.80. The van der Waals surface area contributed by atoms with E-state index < -0.39 is 5.97 Å². The van der Waals surface area contributed by atoms with Crippen LogP contribution in [0.5, 0.6) is 0 Å². The summed E-state index contributed by atoms with van der Waals surface area (Å²) >= 11 is 0. The van der Waals surface area contributed by atoms with Gasteiger partial charge in [-0.2, -0.15) is 0 Å². The average molecular weight is 218 g/mol. The van der Waals surface area contributed by atoms with E-state index in [1.807, 2.05) is 12.1 Å². The number of aromatic carboxylic acids is 1. The van der Waals surface area contributed by atoms with Crippen LogP contribution in [0.2, 0.25) is 0 Å². The Hall–Kier alpha value is -1.84. The molecular formula is C12H14N2O2. The van der Waals surface area contributed by atoms with E-state index in [0.717, 1.165) is 0 Å². The maximum absolute atomic E-state index is 11.2. The van der Waals surface area contributed by atoms with E-state index in [9.17, 15) is 9.90 Å². The first-order valence-electron chi connectivity index (χ1n) is 5.29. The van der Waals surface area contributed by atoms with Crippen LogP contribution in [0.25, 0.3) is 5.65 Å². The van der Waals surface area contributed by atoms with Gasteiger partial charge < -0.3 is 5.11 Å². The lowest BCUT2D eigenvalue weighted by molar-refractivity contribution is 0.0688. The largest absolute Gasteiger partial charge is 0.477 e. The first-order valence-corrected chi connectivity index (χ1v) is 5.29. The molecule has 2 rings (SSSR count). The normalized spacial score (nSPS) is 11.2. The number of aromatic nitrogens is 2. The van der Waals surface area contributed by atoms with E-state index in [1.54, 1.807) is 16.7 Å². The van der Waals surface area contributed by atoms with Crippen molar-refractivity contribution in [1.29, 1.82) is 0 Å². The van der Waals surface area contributed by atoms with Gasteiger partial charge in [0.2, 0.25) is 0 Å². The average Bonchev–Trinajstić information content (AvgIpc) is 2.53. The molecule has 4 heteroatoms. The number of fused-ring (bicyclic) bond motifs is 1. The minimum Gasteiger partial charge on any atom is -0.477 e. The lowest BCUT2D eigenvalue weighted by Crippen LogP contribution is -2.07. The van der Waals surface area contributed by atoms with Gasteiger partial charge in [-0.3, -0.25) is 4.40 Å². The highest BCUT2D eigenvalue weighted by atomic mass is 16.4. The summed E-state index contributed by atoms with van der Waals surface area (Å²) in [5.74, 6) is -0.530. The van der Waals surface area contributed by atoms with Crippen LogP contribution in [0.3, 0.4) is 0 Å². The number of hydrogen-bond donors (Lipinski definition) is 1. The molecule has 0 aliphatic carbocycles. The van der Waals surface area contributed by atoms with Crippen LogP contribution in [0.15, 0.2) is 24.4 Å². The van der Waals surface area contributed by atoms with Crippen LogP contribution in [0.1, 0.15) is 30.0 Å². The Kier molecular flexibility index (Phi) is 2.64. The topological polar surface area (TPSA) is 54.6 Å². The highest BCUT2D eigenvalue weighted by molar-refractivity contribution is 5.88. The molecule has 2 heterocycles. The Labute approximate surface area is 93.5 Å². The zero-order valence-electron chi connectivity index (χ0n) is 9.34. The summed E-state index contributed by atoms with van der Waals surface area (Å²) in [5, 5.41) is 9.20. The third-order valence-corrected chi connectivity index (χ3v) is 2.41. The number of rotatable bonds is 3. The van der Waals surface area contributed by atoms with Gasteiger partial charge >= 0.3 is 5.97 Å². The molecule has 2 aromatic rings. The lowest BCUT2D eigenvalue weighted by atomic mass is 10.1. The molecule has 0 saturated carbocycles. The Morgan fingerprint density at radius 1 is 1.50 bits per heavy atom. The molecular weight excluding hydrogens is 204 g/mol. The fraction of sp³-hybridized carbons (Fsp3) is 0.333. The zero-order chi connectivity index (χ0) is 11.7. The Balaban J connectivity index is 2.63. The molecule has 0 spiro atoms. The van der Waals surface area contributed by atoms with E-state index in [-0.39, 0.29) is 5.69 Å². The maximum atomic E-state index is 11.2. The lowest BCUT2D eigenvalue weighted by Gasteiger charge is -2.02. The monoisotopic (exact) mass is 218 g/mol. The number of carbonyl (C=O) groups is 1. The summed E-state index contributed by atoms with van der Waals surface area (Å²) in [6, 6.07) is 5.48. The number of hydrogen-bond acceptors (Lipinski definition) is 2. The van der Waals surface area contributed by atoms with Crippen LogP contribution >= 0.6 is 0 Å². The predicted molar refractivity (Wildman–Crippen MR) is 60.7 cm³/mol. The molecule has 0 atom stereocenters. The first kappa shape index (κ1) is 10.7. The number of carboxylic acid groups (broad SMARTS) is 1. The van der Waals surface area contributed by atoms with Crippen molar-refractivity contribution in [3.05, 3.63) is 35.8 Å². The molecule has 0 aliphatic heterocycles. The second-order valence-electron chi connectivity index (χ2n) is 4.24. The van der Waals surface area contributed by atoms with E-state index in [2.05, 4.69) is 18.8 Å². The third kappa shape index (κ3) is 1.78. The van der Waals surface area contributed by atoms with Crippen molar-refractivity contribution in [3.63, 3.8) is 0 Å².